The molecule has 1 saturated carbocycles. The highest BCUT2D eigenvalue weighted by Gasteiger charge is 2.54. The molecule has 0 aromatic heterocycles. The average Bonchev–Trinajstić information content (AvgIpc) is 3.27. The first-order chi connectivity index (χ1) is 11.4. The molecule has 0 unspecified atom stereocenters. The van der Waals surface area contributed by atoms with Crippen molar-refractivity contribution in [2.24, 2.45) is 5.92 Å². The summed E-state index contributed by atoms with van der Waals surface area (Å²) in [4.78, 5) is 8.72. The number of nitrogens with one attached hydrogen (secondary N) is 1. The predicted molar refractivity (Wildman–Crippen MR) is 80.9 cm³/mol. The zero-order valence-corrected chi connectivity index (χ0v) is 14.0. The van der Waals surface area contributed by atoms with Gasteiger partial charge in [-0.25, -0.2) is 17.6 Å². The summed E-state index contributed by atoms with van der Waals surface area (Å²) in [6.07, 6.45) is -3.80. The molecule has 10 heteroatoms. The lowest BCUT2D eigenvalue weighted by Gasteiger charge is -2.32. The van der Waals surface area contributed by atoms with E-state index in [1.54, 1.807) is 5.32 Å². The number of carboxylic acids is 1. The van der Waals surface area contributed by atoms with Crippen molar-refractivity contribution in [3.8, 4) is 0 Å². The van der Waals surface area contributed by atoms with Gasteiger partial charge in [-0.3, -0.25) is 5.32 Å². The van der Waals surface area contributed by atoms with E-state index in [9.17, 15) is 35.9 Å². The van der Waals surface area contributed by atoms with Crippen molar-refractivity contribution in [1.82, 2.24) is 5.32 Å². The summed E-state index contributed by atoms with van der Waals surface area (Å²) in [5.74, 6) is -3.44. The molecule has 0 bridgehead atoms. The van der Waals surface area contributed by atoms with Crippen molar-refractivity contribution in [1.29, 1.82) is 0 Å². The number of alkyl halides is 3. The number of aliphatic carboxylic acids is 1. The molecular formula is C15H17F4NO4S. The number of benzene rings is 1. The van der Waals surface area contributed by atoms with Crippen molar-refractivity contribution in [3.05, 3.63) is 35.6 Å². The van der Waals surface area contributed by atoms with Crippen molar-refractivity contribution in [3.63, 3.8) is 0 Å². The minimum atomic E-state index is -4.98. The highest BCUT2D eigenvalue weighted by molar-refractivity contribution is 7.93. The topological polar surface area (TPSA) is 83.5 Å². The van der Waals surface area contributed by atoms with Crippen molar-refractivity contribution < 1.29 is 35.9 Å². The first kappa shape index (κ1) is 19.6. The van der Waals surface area contributed by atoms with Crippen LogP contribution in [0.25, 0.3) is 0 Å². The minimum absolute atomic E-state index is 0.236. The Balaban J connectivity index is 2.42. The van der Waals surface area contributed by atoms with Gasteiger partial charge in [0.05, 0.1) is 5.75 Å². The highest BCUT2D eigenvalue weighted by atomic mass is 32.2. The third kappa shape index (κ3) is 4.30. The summed E-state index contributed by atoms with van der Waals surface area (Å²) in [5.41, 5.74) is -0.483. The molecule has 25 heavy (non-hydrogen) atoms. The third-order valence-electron chi connectivity index (χ3n) is 4.13. The van der Waals surface area contributed by atoms with Crippen LogP contribution in [0.4, 0.5) is 17.6 Å². The lowest BCUT2D eigenvalue weighted by atomic mass is 10.1. The maximum absolute atomic E-state index is 13.4. The van der Waals surface area contributed by atoms with Gasteiger partial charge in [0.1, 0.15) is 11.9 Å². The van der Waals surface area contributed by atoms with Gasteiger partial charge in [-0.1, -0.05) is 12.1 Å². The fraction of sp³-hybridized carbons (Fsp3) is 0.533. The Hall–Kier alpha value is -1.68. The summed E-state index contributed by atoms with van der Waals surface area (Å²) in [7, 11) is -4.41. The molecule has 1 aromatic rings. The molecule has 1 aromatic carbocycles. The summed E-state index contributed by atoms with van der Waals surface area (Å²) < 4.78 is 78.1. The molecule has 2 N–H and O–H groups in total. The number of carboxylic acid groups (broad SMARTS) is 1. The van der Waals surface area contributed by atoms with E-state index < -0.39 is 50.0 Å². The first-order valence-corrected chi connectivity index (χ1v) is 9.07. The van der Waals surface area contributed by atoms with Crippen LogP contribution in [0.5, 0.6) is 0 Å². The standard InChI is InChI=1S/C15H17F4NO4S/c1-14(13(21)22,25(23,24)8-9-2-3-9)20-12(15(17,18)19)10-4-6-11(16)7-5-10/h4-7,9,12,20H,2-3,8H2,1H3,(H,21,22)/t12-,14+/m0/s1. The normalized spacial score (nSPS) is 19.2. The number of hydrogen-bond acceptors (Lipinski definition) is 4. The van der Waals surface area contributed by atoms with Crippen LogP contribution in [-0.2, 0) is 14.6 Å². The van der Waals surface area contributed by atoms with Crippen LogP contribution in [0.3, 0.4) is 0 Å². The minimum Gasteiger partial charge on any atom is -0.479 e. The third-order valence-corrected chi connectivity index (χ3v) is 6.58. The number of sulfone groups is 1. The van der Waals surface area contributed by atoms with Crippen LogP contribution in [0, 0.1) is 11.7 Å². The van der Waals surface area contributed by atoms with Crippen molar-refractivity contribution in [2.45, 2.75) is 36.9 Å². The van der Waals surface area contributed by atoms with Crippen LogP contribution in [0.2, 0.25) is 0 Å². The molecule has 1 fully saturated rings. The van der Waals surface area contributed by atoms with Gasteiger partial charge in [-0.05, 0) is 43.4 Å². The van der Waals surface area contributed by atoms with Crippen LogP contribution < -0.4 is 5.32 Å². The molecule has 140 valence electrons. The second-order valence-electron chi connectivity index (χ2n) is 6.23. The zero-order chi connectivity index (χ0) is 19.0. The van der Waals surface area contributed by atoms with E-state index in [4.69, 9.17) is 0 Å². The quantitative estimate of drug-likeness (QED) is 0.708. The second-order valence-corrected chi connectivity index (χ2v) is 8.61. The summed E-state index contributed by atoms with van der Waals surface area (Å²) in [5, 5.41) is 11.1. The Morgan fingerprint density at radius 2 is 1.80 bits per heavy atom. The molecule has 0 aliphatic heterocycles. The fourth-order valence-corrected chi connectivity index (χ4v) is 4.18. The Morgan fingerprint density at radius 3 is 2.20 bits per heavy atom. The zero-order valence-electron chi connectivity index (χ0n) is 13.2. The van der Waals surface area contributed by atoms with Crippen LogP contribution in [0.1, 0.15) is 31.4 Å². The Bertz CT molecular complexity index is 744. The molecular weight excluding hydrogens is 366 g/mol. The summed E-state index contributed by atoms with van der Waals surface area (Å²) >= 11 is 0. The lowest BCUT2D eigenvalue weighted by molar-refractivity contribution is -0.164. The molecule has 0 heterocycles. The lowest BCUT2D eigenvalue weighted by Crippen LogP contribution is -2.59. The maximum atomic E-state index is 13.4. The van der Waals surface area contributed by atoms with Crippen LogP contribution in [-0.4, -0.2) is 36.3 Å². The van der Waals surface area contributed by atoms with Crippen molar-refractivity contribution in [2.75, 3.05) is 5.75 Å². The van der Waals surface area contributed by atoms with E-state index in [0.29, 0.717) is 19.8 Å². The molecule has 0 radical (unpaired) electrons. The van der Waals surface area contributed by atoms with Gasteiger partial charge >= 0.3 is 12.1 Å². The van der Waals surface area contributed by atoms with Gasteiger partial charge in [0, 0.05) is 0 Å². The van der Waals surface area contributed by atoms with E-state index in [0.717, 1.165) is 24.3 Å². The average molecular weight is 383 g/mol. The summed E-state index contributed by atoms with van der Waals surface area (Å²) in [6, 6.07) is 0.647. The molecule has 0 spiro atoms. The largest absolute Gasteiger partial charge is 0.479 e. The van der Waals surface area contributed by atoms with Crippen LogP contribution in [0.15, 0.2) is 24.3 Å². The molecule has 1 aliphatic rings. The van der Waals surface area contributed by atoms with E-state index in [2.05, 4.69) is 0 Å². The van der Waals surface area contributed by atoms with Crippen LogP contribution >= 0.6 is 0 Å². The monoisotopic (exact) mass is 383 g/mol. The maximum Gasteiger partial charge on any atom is 0.407 e. The smallest absolute Gasteiger partial charge is 0.407 e. The Morgan fingerprint density at radius 1 is 1.28 bits per heavy atom. The number of carbonyl (C=O) groups is 1. The van der Waals surface area contributed by atoms with Gasteiger partial charge in [0.25, 0.3) is 0 Å². The Kier molecular flexibility index (Phi) is 5.16. The van der Waals surface area contributed by atoms with Crippen molar-refractivity contribution >= 4 is 15.8 Å². The molecule has 0 amide bonds. The molecule has 2 rings (SSSR count). The van der Waals surface area contributed by atoms with E-state index in [1.807, 2.05) is 0 Å². The summed E-state index contributed by atoms with van der Waals surface area (Å²) in [6.45, 7) is 0.704. The molecule has 5 nitrogen and oxygen atoms in total. The van der Waals surface area contributed by atoms with Gasteiger partial charge in [0.15, 0.2) is 9.84 Å². The molecule has 0 saturated heterocycles. The molecule has 1 aliphatic carbocycles. The highest BCUT2D eigenvalue weighted by Crippen LogP contribution is 2.38. The van der Waals surface area contributed by atoms with E-state index in [1.165, 1.54) is 0 Å². The SMILES string of the molecule is C[C@](N[C@@H](c1ccc(F)cc1)C(F)(F)F)(C(=O)O)S(=O)(=O)CC1CC1. The second kappa shape index (κ2) is 6.56. The molecule has 2 atom stereocenters. The fourth-order valence-electron chi connectivity index (χ4n) is 2.33. The predicted octanol–water partition coefficient (Wildman–Crippen LogP) is 2.64. The van der Waals surface area contributed by atoms with Gasteiger partial charge in [-0.2, -0.15) is 13.2 Å². The number of rotatable bonds is 7. The van der Waals surface area contributed by atoms with Gasteiger partial charge in [-0.15, -0.1) is 0 Å². The van der Waals surface area contributed by atoms with Gasteiger partial charge in [0.2, 0.25) is 4.87 Å². The Labute approximate surface area is 142 Å². The van der Waals surface area contributed by atoms with Gasteiger partial charge < -0.3 is 5.11 Å². The number of hydrogen-bond donors (Lipinski definition) is 2. The van der Waals surface area contributed by atoms with E-state index >= 15 is 0 Å². The first-order valence-electron chi connectivity index (χ1n) is 7.42. The number of halogens is 4. The van der Waals surface area contributed by atoms with E-state index in [-0.39, 0.29) is 5.92 Å².